The van der Waals surface area contributed by atoms with Crippen LogP contribution in [-0.2, 0) is 4.79 Å². The maximum atomic E-state index is 12.1. The molecule has 1 aromatic rings. The van der Waals surface area contributed by atoms with E-state index in [1.807, 2.05) is 26.0 Å². The summed E-state index contributed by atoms with van der Waals surface area (Å²) in [5.74, 6) is 0.615. The third kappa shape index (κ3) is 4.78. The van der Waals surface area contributed by atoms with Crippen LogP contribution in [0.4, 0.5) is 11.4 Å². The molecular formula is C15H24N2OS. The van der Waals surface area contributed by atoms with E-state index in [0.717, 1.165) is 11.3 Å². The van der Waals surface area contributed by atoms with Crippen molar-refractivity contribution in [2.75, 3.05) is 11.1 Å². The van der Waals surface area contributed by atoms with Gasteiger partial charge in [0.15, 0.2) is 0 Å². The fourth-order valence-electron chi connectivity index (χ4n) is 1.60. The van der Waals surface area contributed by atoms with Crippen molar-refractivity contribution < 1.29 is 4.79 Å². The van der Waals surface area contributed by atoms with Gasteiger partial charge in [0.1, 0.15) is 0 Å². The monoisotopic (exact) mass is 280 g/mol. The van der Waals surface area contributed by atoms with Gasteiger partial charge in [-0.25, -0.2) is 0 Å². The van der Waals surface area contributed by atoms with Crippen LogP contribution in [0.25, 0.3) is 0 Å². The first-order chi connectivity index (χ1) is 8.81. The molecule has 1 aromatic carbocycles. The molecule has 19 heavy (non-hydrogen) atoms. The molecular weight excluding hydrogens is 256 g/mol. The van der Waals surface area contributed by atoms with E-state index in [1.54, 1.807) is 17.8 Å². The molecule has 0 aromatic heterocycles. The molecule has 0 fully saturated rings. The number of nitrogens with two attached hydrogens (primary N) is 1. The van der Waals surface area contributed by atoms with Gasteiger partial charge in [0.05, 0.1) is 5.25 Å². The SMILES string of the molecule is Cc1cc(N)ccc1NC(=O)C(C)SC(C)C(C)C. The molecule has 0 heterocycles. The highest BCUT2D eigenvalue weighted by Crippen LogP contribution is 2.25. The van der Waals surface area contributed by atoms with Crippen LogP contribution in [0, 0.1) is 12.8 Å². The second-order valence-electron chi connectivity index (χ2n) is 5.29. The Morgan fingerprint density at radius 1 is 1.26 bits per heavy atom. The number of carbonyl (C=O) groups is 1. The van der Waals surface area contributed by atoms with Gasteiger partial charge in [0.25, 0.3) is 0 Å². The molecule has 2 atom stereocenters. The summed E-state index contributed by atoms with van der Waals surface area (Å²) >= 11 is 1.71. The van der Waals surface area contributed by atoms with E-state index in [9.17, 15) is 4.79 Å². The summed E-state index contributed by atoms with van der Waals surface area (Å²) < 4.78 is 0. The number of anilines is 2. The first-order valence-corrected chi connectivity index (χ1v) is 7.58. The van der Waals surface area contributed by atoms with E-state index >= 15 is 0 Å². The normalized spacial score (nSPS) is 14.2. The van der Waals surface area contributed by atoms with Gasteiger partial charge in [-0.2, -0.15) is 0 Å². The van der Waals surface area contributed by atoms with E-state index in [4.69, 9.17) is 5.73 Å². The van der Waals surface area contributed by atoms with Crippen LogP contribution in [-0.4, -0.2) is 16.4 Å². The number of rotatable bonds is 5. The molecule has 4 heteroatoms. The molecule has 106 valence electrons. The topological polar surface area (TPSA) is 55.1 Å². The van der Waals surface area contributed by atoms with Crippen molar-refractivity contribution in [3.05, 3.63) is 23.8 Å². The molecule has 1 amide bonds. The summed E-state index contributed by atoms with van der Waals surface area (Å²) in [5, 5.41) is 3.37. The van der Waals surface area contributed by atoms with Crippen LogP contribution < -0.4 is 11.1 Å². The maximum Gasteiger partial charge on any atom is 0.237 e. The maximum absolute atomic E-state index is 12.1. The molecule has 3 nitrogen and oxygen atoms in total. The molecule has 0 radical (unpaired) electrons. The summed E-state index contributed by atoms with van der Waals surface area (Å²) in [6.45, 7) is 10.4. The Hall–Kier alpha value is -1.16. The smallest absolute Gasteiger partial charge is 0.237 e. The standard InChI is InChI=1S/C15H24N2OS/c1-9(2)11(4)19-12(5)15(18)17-14-7-6-13(16)8-10(14)3/h6-9,11-12H,16H2,1-5H3,(H,17,18). The van der Waals surface area contributed by atoms with Crippen LogP contribution in [0.1, 0.15) is 33.3 Å². The van der Waals surface area contributed by atoms with Gasteiger partial charge in [-0.3, -0.25) is 4.79 Å². The molecule has 2 unspecified atom stereocenters. The Balaban J connectivity index is 2.63. The molecule has 0 aliphatic rings. The van der Waals surface area contributed by atoms with Gasteiger partial charge in [-0.15, -0.1) is 11.8 Å². The number of amides is 1. The van der Waals surface area contributed by atoms with Gasteiger partial charge in [-0.1, -0.05) is 20.8 Å². The molecule has 0 spiro atoms. The molecule has 0 bridgehead atoms. The van der Waals surface area contributed by atoms with Crippen LogP contribution >= 0.6 is 11.8 Å². The highest BCUT2D eigenvalue weighted by molar-refractivity contribution is 8.01. The minimum Gasteiger partial charge on any atom is -0.399 e. The number of hydrogen-bond donors (Lipinski definition) is 2. The number of nitrogen functional groups attached to an aromatic ring is 1. The molecule has 0 aliphatic heterocycles. The summed E-state index contributed by atoms with van der Waals surface area (Å²) in [7, 11) is 0. The third-order valence-corrected chi connectivity index (χ3v) is 4.83. The van der Waals surface area contributed by atoms with E-state index in [-0.39, 0.29) is 11.2 Å². The predicted molar refractivity (Wildman–Crippen MR) is 85.6 cm³/mol. The number of aryl methyl sites for hydroxylation is 1. The second kappa shape index (κ2) is 6.85. The van der Waals surface area contributed by atoms with Crippen molar-refractivity contribution in [1.29, 1.82) is 0 Å². The zero-order chi connectivity index (χ0) is 14.6. The Kier molecular flexibility index (Phi) is 5.73. The Morgan fingerprint density at radius 3 is 2.42 bits per heavy atom. The quantitative estimate of drug-likeness (QED) is 0.809. The second-order valence-corrected chi connectivity index (χ2v) is 7.01. The molecule has 3 N–H and O–H groups in total. The average molecular weight is 280 g/mol. The van der Waals surface area contributed by atoms with Crippen molar-refractivity contribution in [2.24, 2.45) is 5.92 Å². The van der Waals surface area contributed by atoms with Gasteiger partial charge < -0.3 is 11.1 Å². The van der Waals surface area contributed by atoms with Gasteiger partial charge in [-0.05, 0) is 43.5 Å². The minimum atomic E-state index is -0.0608. The summed E-state index contributed by atoms with van der Waals surface area (Å²) in [6, 6.07) is 5.52. The largest absolute Gasteiger partial charge is 0.399 e. The lowest BCUT2D eigenvalue weighted by molar-refractivity contribution is -0.115. The number of hydrogen-bond acceptors (Lipinski definition) is 3. The molecule has 0 saturated carbocycles. The van der Waals surface area contributed by atoms with E-state index in [2.05, 4.69) is 26.1 Å². The van der Waals surface area contributed by atoms with Gasteiger partial charge >= 0.3 is 0 Å². The fraction of sp³-hybridized carbons (Fsp3) is 0.533. The van der Waals surface area contributed by atoms with Crippen LogP contribution in [0.2, 0.25) is 0 Å². The summed E-state index contributed by atoms with van der Waals surface area (Å²) in [5.41, 5.74) is 8.24. The molecule has 1 rings (SSSR count). The summed E-state index contributed by atoms with van der Waals surface area (Å²) in [4.78, 5) is 12.1. The number of benzene rings is 1. The van der Waals surface area contributed by atoms with Crippen molar-refractivity contribution in [1.82, 2.24) is 0 Å². The van der Waals surface area contributed by atoms with Crippen molar-refractivity contribution in [3.63, 3.8) is 0 Å². The van der Waals surface area contributed by atoms with Crippen molar-refractivity contribution >= 4 is 29.0 Å². The predicted octanol–water partition coefficient (Wildman–Crippen LogP) is 3.68. The Labute approximate surface area is 120 Å². The Bertz CT molecular complexity index is 446. The number of carbonyl (C=O) groups excluding carboxylic acids is 1. The van der Waals surface area contributed by atoms with Crippen LogP contribution in [0.15, 0.2) is 18.2 Å². The lowest BCUT2D eigenvalue weighted by atomic mass is 10.1. The fourth-order valence-corrected chi connectivity index (χ4v) is 2.74. The lowest BCUT2D eigenvalue weighted by Gasteiger charge is -2.20. The zero-order valence-corrected chi connectivity index (χ0v) is 13.2. The molecule has 0 saturated heterocycles. The van der Waals surface area contributed by atoms with E-state index in [1.165, 1.54) is 0 Å². The van der Waals surface area contributed by atoms with Gasteiger partial charge in [0, 0.05) is 16.6 Å². The third-order valence-electron chi connectivity index (χ3n) is 3.24. The number of thioether (sulfide) groups is 1. The lowest BCUT2D eigenvalue weighted by Crippen LogP contribution is -2.25. The Morgan fingerprint density at radius 2 is 1.89 bits per heavy atom. The minimum absolute atomic E-state index is 0.0466. The zero-order valence-electron chi connectivity index (χ0n) is 12.4. The first kappa shape index (κ1) is 15.9. The van der Waals surface area contributed by atoms with Crippen LogP contribution in [0.3, 0.4) is 0 Å². The highest BCUT2D eigenvalue weighted by atomic mass is 32.2. The van der Waals surface area contributed by atoms with Gasteiger partial charge in [0.2, 0.25) is 5.91 Å². The summed E-state index contributed by atoms with van der Waals surface area (Å²) in [6.07, 6.45) is 0. The molecule has 0 aliphatic carbocycles. The van der Waals surface area contributed by atoms with Crippen molar-refractivity contribution in [3.8, 4) is 0 Å². The average Bonchev–Trinajstić information content (AvgIpc) is 2.32. The highest BCUT2D eigenvalue weighted by Gasteiger charge is 2.19. The van der Waals surface area contributed by atoms with Crippen LogP contribution in [0.5, 0.6) is 0 Å². The van der Waals surface area contributed by atoms with E-state index < -0.39 is 0 Å². The van der Waals surface area contributed by atoms with E-state index in [0.29, 0.717) is 16.9 Å². The number of nitrogens with one attached hydrogen (secondary N) is 1. The first-order valence-electron chi connectivity index (χ1n) is 6.63. The van der Waals surface area contributed by atoms with Crippen molar-refractivity contribution in [2.45, 2.75) is 45.1 Å².